The minimum Gasteiger partial charge on any atom is -0.311 e. The maximum absolute atomic E-state index is 13.8. The number of rotatable bonds is 3. The van der Waals surface area contributed by atoms with Crippen LogP contribution in [0.4, 0.5) is 9.52 Å². The molecule has 1 aromatic carbocycles. The fourth-order valence-electron chi connectivity index (χ4n) is 2.03. The summed E-state index contributed by atoms with van der Waals surface area (Å²) in [7, 11) is -4.05. The van der Waals surface area contributed by atoms with Crippen molar-refractivity contribution < 1.29 is 12.8 Å². The maximum Gasteiger partial charge on any atom is 0.266 e. The summed E-state index contributed by atoms with van der Waals surface area (Å²) in [5, 5.41) is 3.18. The second-order valence-electron chi connectivity index (χ2n) is 4.47. The van der Waals surface area contributed by atoms with Crippen molar-refractivity contribution in [3.05, 3.63) is 39.6 Å². The van der Waals surface area contributed by atoms with E-state index in [4.69, 9.17) is 11.6 Å². The zero-order valence-corrected chi connectivity index (χ0v) is 13.1. The van der Waals surface area contributed by atoms with Crippen LogP contribution < -0.4 is 10.0 Å². The summed E-state index contributed by atoms with van der Waals surface area (Å²) >= 11 is 6.86. The number of thiazole rings is 1. The normalized spacial score (nSPS) is 14.8. The molecule has 0 saturated heterocycles. The van der Waals surface area contributed by atoms with E-state index in [0.717, 1.165) is 23.5 Å². The topological polar surface area (TPSA) is 71.1 Å². The largest absolute Gasteiger partial charge is 0.311 e. The maximum atomic E-state index is 13.8. The number of fused-ring (bicyclic) bond motifs is 1. The first-order chi connectivity index (χ1) is 9.97. The van der Waals surface area contributed by atoms with E-state index in [1.54, 1.807) is 0 Å². The summed E-state index contributed by atoms with van der Waals surface area (Å²) in [4.78, 5) is 4.75. The molecule has 2 N–H and O–H groups in total. The van der Waals surface area contributed by atoms with E-state index in [-0.39, 0.29) is 10.2 Å². The van der Waals surface area contributed by atoms with Crippen LogP contribution in [0.1, 0.15) is 10.6 Å². The minimum absolute atomic E-state index is 0.236. The van der Waals surface area contributed by atoms with E-state index in [2.05, 4.69) is 15.0 Å². The third-order valence-electron chi connectivity index (χ3n) is 3.03. The van der Waals surface area contributed by atoms with Crippen LogP contribution in [-0.2, 0) is 23.0 Å². The highest BCUT2D eigenvalue weighted by Gasteiger charge is 2.23. The van der Waals surface area contributed by atoms with Crippen molar-refractivity contribution >= 4 is 38.1 Å². The summed E-state index contributed by atoms with van der Waals surface area (Å²) in [5.41, 5.74) is 0.878. The molecule has 3 rings (SSSR count). The third-order valence-corrected chi connectivity index (χ3v) is 5.82. The standard InChI is InChI=1S/C12H11ClFN3O2S2/c13-7-2-1-3-10(11(7)14)21(18,19)17-12-16-8-4-5-15-6-9(8)20-12/h1-3,15H,4-6H2,(H,16,17). The number of benzene rings is 1. The molecule has 0 spiro atoms. The first-order valence-electron chi connectivity index (χ1n) is 6.13. The molecule has 0 amide bonds. The van der Waals surface area contributed by atoms with Crippen LogP contribution in [-0.4, -0.2) is 19.9 Å². The SMILES string of the molecule is O=S(=O)(Nc1nc2c(s1)CNCC2)c1cccc(Cl)c1F. The summed E-state index contributed by atoms with van der Waals surface area (Å²) in [5.74, 6) is -0.963. The predicted molar refractivity (Wildman–Crippen MR) is 79.7 cm³/mol. The molecule has 9 heteroatoms. The Bertz CT molecular complexity index is 768. The van der Waals surface area contributed by atoms with Crippen molar-refractivity contribution in [1.29, 1.82) is 0 Å². The molecule has 1 aromatic heterocycles. The molecular weight excluding hydrogens is 337 g/mol. The number of nitrogens with one attached hydrogen (secondary N) is 2. The average Bonchev–Trinajstić information content (AvgIpc) is 2.82. The smallest absolute Gasteiger partial charge is 0.266 e. The fourth-order valence-corrected chi connectivity index (χ4v) is 4.58. The lowest BCUT2D eigenvalue weighted by Crippen LogP contribution is -2.22. The molecule has 0 atom stereocenters. The van der Waals surface area contributed by atoms with Crippen molar-refractivity contribution in [2.45, 2.75) is 17.9 Å². The van der Waals surface area contributed by atoms with Crippen molar-refractivity contribution in [2.24, 2.45) is 0 Å². The van der Waals surface area contributed by atoms with Crippen LogP contribution in [0.5, 0.6) is 0 Å². The lowest BCUT2D eigenvalue weighted by molar-refractivity contribution is 0.570. The molecule has 1 aliphatic heterocycles. The summed E-state index contributed by atoms with van der Waals surface area (Å²) < 4.78 is 40.6. The van der Waals surface area contributed by atoms with Gasteiger partial charge in [0.1, 0.15) is 4.90 Å². The molecule has 1 aliphatic rings. The van der Waals surface area contributed by atoms with Crippen LogP contribution in [0.3, 0.4) is 0 Å². The van der Waals surface area contributed by atoms with Crippen molar-refractivity contribution in [2.75, 3.05) is 11.3 Å². The van der Waals surface area contributed by atoms with Gasteiger partial charge in [-0.3, -0.25) is 4.72 Å². The first kappa shape index (κ1) is 14.7. The van der Waals surface area contributed by atoms with Crippen LogP contribution in [0, 0.1) is 5.82 Å². The highest BCUT2D eigenvalue weighted by molar-refractivity contribution is 7.93. The molecule has 2 aromatic rings. The van der Waals surface area contributed by atoms with Crippen LogP contribution in [0.15, 0.2) is 23.1 Å². The molecule has 5 nitrogen and oxygen atoms in total. The Labute approximate surface area is 130 Å². The number of anilines is 1. The van der Waals surface area contributed by atoms with Gasteiger partial charge in [-0.25, -0.2) is 17.8 Å². The third kappa shape index (κ3) is 2.89. The fraction of sp³-hybridized carbons (Fsp3) is 0.250. The van der Waals surface area contributed by atoms with Gasteiger partial charge in [-0.05, 0) is 12.1 Å². The Hall–Kier alpha value is -1.22. The molecule has 2 heterocycles. The number of nitrogens with zero attached hydrogens (tertiary/aromatic N) is 1. The van der Waals surface area contributed by atoms with E-state index < -0.39 is 20.7 Å². The molecule has 0 radical (unpaired) electrons. The second-order valence-corrected chi connectivity index (χ2v) is 7.61. The quantitative estimate of drug-likeness (QED) is 0.894. The van der Waals surface area contributed by atoms with Gasteiger partial charge < -0.3 is 5.32 Å². The number of sulfonamides is 1. The first-order valence-corrected chi connectivity index (χ1v) is 8.81. The van der Waals surface area contributed by atoms with E-state index in [1.165, 1.54) is 29.5 Å². The zero-order chi connectivity index (χ0) is 15.0. The number of halogens is 2. The van der Waals surface area contributed by atoms with E-state index in [9.17, 15) is 12.8 Å². The number of hydrogen-bond acceptors (Lipinski definition) is 5. The van der Waals surface area contributed by atoms with E-state index in [0.29, 0.717) is 6.54 Å². The Morgan fingerprint density at radius 3 is 3.00 bits per heavy atom. The number of hydrogen-bond donors (Lipinski definition) is 2. The van der Waals surface area contributed by atoms with E-state index >= 15 is 0 Å². The van der Waals surface area contributed by atoms with Crippen molar-refractivity contribution in [3.63, 3.8) is 0 Å². The Balaban J connectivity index is 1.93. The predicted octanol–water partition coefficient (Wildman–Crippen LogP) is 2.38. The zero-order valence-electron chi connectivity index (χ0n) is 10.7. The van der Waals surface area contributed by atoms with Crippen molar-refractivity contribution in [3.8, 4) is 0 Å². The molecular formula is C12H11ClFN3O2S2. The van der Waals surface area contributed by atoms with Gasteiger partial charge >= 0.3 is 0 Å². The van der Waals surface area contributed by atoms with Crippen LogP contribution in [0.2, 0.25) is 5.02 Å². The Kier molecular flexibility index (Phi) is 3.87. The molecule has 0 bridgehead atoms. The van der Waals surface area contributed by atoms with Gasteiger partial charge in [0.2, 0.25) is 0 Å². The van der Waals surface area contributed by atoms with Gasteiger partial charge in [-0.1, -0.05) is 29.0 Å². The minimum atomic E-state index is -4.05. The lowest BCUT2D eigenvalue weighted by Gasteiger charge is -2.09. The molecule has 0 saturated carbocycles. The molecule has 0 unspecified atom stereocenters. The van der Waals surface area contributed by atoms with Gasteiger partial charge in [0.15, 0.2) is 10.9 Å². The van der Waals surface area contributed by atoms with Crippen molar-refractivity contribution in [1.82, 2.24) is 10.3 Å². The molecule has 0 aliphatic carbocycles. The average molecular weight is 348 g/mol. The summed E-state index contributed by atoms with van der Waals surface area (Å²) in [6.07, 6.45) is 0.749. The highest BCUT2D eigenvalue weighted by atomic mass is 35.5. The van der Waals surface area contributed by atoms with Gasteiger partial charge in [-0.2, -0.15) is 0 Å². The number of aromatic nitrogens is 1. The van der Waals surface area contributed by atoms with Gasteiger partial charge in [0.05, 0.1) is 10.7 Å². The molecule has 21 heavy (non-hydrogen) atoms. The van der Waals surface area contributed by atoms with Crippen LogP contribution in [0.25, 0.3) is 0 Å². The lowest BCUT2D eigenvalue weighted by atomic mass is 10.2. The van der Waals surface area contributed by atoms with E-state index in [1.807, 2.05) is 0 Å². The summed E-state index contributed by atoms with van der Waals surface area (Å²) in [6.45, 7) is 1.48. The Morgan fingerprint density at radius 1 is 1.43 bits per heavy atom. The van der Waals surface area contributed by atoms with Gasteiger partial charge in [-0.15, -0.1) is 0 Å². The molecule has 112 valence electrons. The molecule has 0 fully saturated rings. The Morgan fingerprint density at radius 2 is 2.24 bits per heavy atom. The van der Waals surface area contributed by atoms with Crippen LogP contribution >= 0.6 is 22.9 Å². The second kappa shape index (κ2) is 5.53. The van der Waals surface area contributed by atoms with Gasteiger partial charge in [0.25, 0.3) is 10.0 Å². The monoisotopic (exact) mass is 347 g/mol. The summed E-state index contributed by atoms with van der Waals surface area (Å²) in [6, 6.07) is 3.85. The highest BCUT2D eigenvalue weighted by Crippen LogP contribution is 2.29. The van der Waals surface area contributed by atoms with Gasteiger partial charge in [0, 0.05) is 24.4 Å².